The first kappa shape index (κ1) is 15.6. The van der Waals surface area contributed by atoms with Crippen molar-refractivity contribution in [3.05, 3.63) is 28.3 Å². The molecule has 116 valence electrons. The molecular formula is C11H15N3O6S. The van der Waals surface area contributed by atoms with Crippen molar-refractivity contribution in [3.8, 4) is 5.75 Å². The third kappa shape index (κ3) is 3.29. The quantitative estimate of drug-likeness (QED) is 0.496. The molecular weight excluding hydrogens is 302 g/mol. The zero-order valence-electron chi connectivity index (χ0n) is 11.1. The summed E-state index contributed by atoms with van der Waals surface area (Å²) >= 11 is 0. The molecule has 9 nitrogen and oxygen atoms in total. The van der Waals surface area contributed by atoms with Crippen molar-refractivity contribution in [2.75, 3.05) is 20.2 Å². The van der Waals surface area contributed by atoms with E-state index in [0.29, 0.717) is 13.1 Å². The second-order valence-electron chi connectivity index (χ2n) is 4.57. The van der Waals surface area contributed by atoms with Crippen molar-refractivity contribution in [1.29, 1.82) is 0 Å². The van der Waals surface area contributed by atoms with Gasteiger partial charge in [-0.1, -0.05) is 0 Å². The molecule has 3 N–H and O–H groups in total. The Morgan fingerprint density at radius 1 is 1.48 bits per heavy atom. The average molecular weight is 317 g/mol. The monoisotopic (exact) mass is 317 g/mol. The SMILES string of the molecule is CO[C@H]1CNCC1NS(=O)(=O)c1ccc(O)c([N+](=O)[O-])c1. The number of ether oxygens (including phenoxy) is 1. The summed E-state index contributed by atoms with van der Waals surface area (Å²) < 4.78 is 32.1. The second-order valence-corrected chi connectivity index (χ2v) is 6.28. The lowest BCUT2D eigenvalue weighted by molar-refractivity contribution is -0.386. The van der Waals surface area contributed by atoms with Crippen LogP contribution in [0.4, 0.5) is 5.69 Å². The van der Waals surface area contributed by atoms with Gasteiger partial charge in [-0.15, -0.1) is 0 Å². The van der Waals surface area contributed by atoms with Gasteiger partial charge in [-0.25, -0.2) is 13.1 Å². The van der Waals surface area contributed by atoms with Gasteiger partial charge < -0.3 is 15.2 Å². The average Bonchev–Trinajstić information content (AvgIpc) is 2.85. The normalized spacial score (nSPS) is 22.3. The van der Waals surface area contributed by atoms with Crippen molar-refractivity contribution in [2.45, 2.75) is 17.0 Å². The molecule has 0 spiro atoms. The van der Waals surface area contributed by atoms with Crippen molar-refractivity contribution >= 4 is 15.7 Å². The summed E-state index contributed by atoms with van der Waals surface area (Å²) in [7, 11) is -2.47. The van der Waals surface area contributed by atoms with Crippen molar-refractivity contribution < 1.29 is 23.2 Å². The topological polar surface area (TPSA) is 131 Å². The van der Waals surface area contributed by atoms with E-state index < -0.39 is 32.4 Å². The zero-order valence-corrected chi connectivity index (χ0v) is 12.0. The number of methoxy groups -OCH3 is 1. The molecule has 21 heavy (non-hydrogen) atoms. The lowest BCUT2D eigenvalue weighted by Gasteiger charge is -2.18. The minimum absolute atomic E-state index is 0.284. The minimum Gasteiger partial charge on any atom is -0.502 e. The smallest absolute Gasteiger partial charge is 0.312 e. The highest BCUT2D eigenvalue weighted by molar-refractivity contribution is 7.89. The number of hydrogen-bond donors (Lipinski definition) is 3. The first-order chi connectivity index (χ1) is 9.85. The fourth-order valence-corrected chi connectivity index (χ4v) is 3.39. The molecule has 1 aromatic carbocycles. The number of nitro groups is 1. The number of nitrogens with zero attached hydrogens (tertiary/aromatic N) is 1. The van der Waals surface area contributed by atoms with Crippen molar-refractivity contribution in [3.63, 3.8) is 0 Å². The number of phenolic OH excluding ortho intramolecular Hbond substituents is 1. The lowest BCUT2D eigenvalue weighted by atomic mass is 10.2. The highest BCUT2D eigenvalue weighted by atomic mass is 32.2. The molecule has 0 amide bonds. The summed E-state index contributed by atoms with van der Waals surface area (Å²) in [6.07, 6.45) is -0.313. The Labute approximate surface area is 121 Å². The molecule has 1 saturated heterocycles. The number of aromatic hydroxyl groups is 1. The molecule has 0 aromatic heterocycles. The number of benzene rings is 1. The standard InChI is InChI=1S/C11H15N3O6S/c1-20-11-6-12-5-8(11)13-21(18,19)7-2-3-10(15)9(4-7)14(16)17/h2-4,8,11-13,15H,5-6H2,1H3/t8?,11-/m0/s1. The van der Waals surface area contributed by atoms with Gasteiger partial charge >= 0.3 is 5.69 Å². The highest BCUT2D eigenvalue weighted by Gasteiger charge is 2.32. The summed E-state index contributed by atoms with van der Waals surface area (Å²) in [5, 5.41) is 23.1. The molecule has 2 atom stereocenters. The van der Waals surface area contributed by atoms with E-state index in [-0.39, 0.29) is 11.0 Å². The van der Waals surface area contributed by atoms with E-state index in [4.69, 9.17) is 4.74 Å². The van der Waals surface area contributed by atoms with Crippen LogP contribution in [0.3, 0.4) is 0 Å². The van der Waals surface area contributed by atoms with Gasteiger partial charge in [-0.05, 0) is 12.1 Å². The van der Waals surface area contributed by atoms with Gasteiger partial charge in [0.05, 0.1) is 22.0 Å². The van der Waals surface area contributed by atoms with Crippen LogP contribution < -0.4 is 10.0 Å². The molecule has 0 aliphatic carbocycles. The van der Waals surface area contributed by atoms with Crippen LogP contribution in [0, 0.1) is 10.1 Å². The van der Waals surface area contributed by atoms with Crippen LogP contribution in [0.1, 0.15) is 0 Å². The van der Waals surface area contributed by atoms with Crippen LogP contribution in [0.25, 0.3) is 0 Å². The number of hydrogen-bond acceptors (Lipinski definition) is 7. The van der Waals surface area contributed by atoms with Crippen molar-refractivity contribution in [1.82, 2.24) is 10.0 Å². The second kappa shape index (κ2) is 5.93. The van der Waals surface area contributed by atoms with Gasteiger partial charge in [0.1, 0.15) is 0 Å². The maximum Gasteiger partial charge on any atom is 0.312 e. The fraction of sp³-hybridized carbons (Fsp3) is 0.455. The van der Waals surface area contributed by atoms with E-state index in [0.717, 1.165) is 18.2 Å². The van der Waals surface area contributed by atoms with Gasteiger partial charge in [0.25, 0.3) is 0 Å². The molecule has 1 unspecified atom stereocenters. The molecule has 10 heteroatoms. The van der Waals surface area contributed by atoms with Gasteiger partial charge in [0, 0.05) is 26.3 Å². The van der Waals surface area contributed by atoms with Gasteiger partial charge in [0.2, 0.25) is 10.0 Å². The van der Waals surface area contributed by atoms with E-state index in [9.17, 15) is 23.6 Å². The Kier molecular flexibility index (Phi) is 4.42. The Bertz CT molecular complexity index is 647. The largest absolute Gasteiger partial charge is 0.502 e. The fourth-order valence-electron chi connectivity index (χ4n) is 2.10. The molecule has 2 rings (SSSR count). The summed E-state index contributed by atoms with van der Waals surface area (Å²) in [6, 6.07) is 2.44. The van der Waals surface area contributed by atoms with Crippen LogP contribution in [-0.2, 0) is 14.8 Å². The Morgan fingerprint density at radius 3 is 2.81 bits per heavy atom. The number of rotatable bonds is 5. The van der Waals surface area contributed by atoms with Crippen LogP contribution >= 0.6 is 0 Å². The number of nitrogens with one attached hydrogen (secondary N) is 2. The Balaban J connectivity index is 2.27. The summed E-state index contributed by atoms with van der Waals surface area (Å²) in [5.74, 6) is -0.587. The number of nitro benzene ring substituents is 1. The Hall–Kier alpha value is -1.75. The summed E-state index contributed by atoms with van der Waals surface area (Å²) in [5.41, 5.74) is -0.661. The van der Waals surface area contributed by atoms with Crippen molar-refractivity contribution in [2.24, 2.45) is 0 Å². The zero-order chi connectivity index (χ0) is 15.6. The maximum atomic E-state index is 12.2. The molecule has 1 aliphatic heterocycles. The van der Waals surface area contributed by atoms with E-state index in [1.54, 1.807) is 0 Å². The molecule has 0 bridgehead atoms. The predicted octanol–water partition coefficient (Wildman–Crippen LogP) is -0.434. The summed E-state index contributed by atoms with van der Waals surface area (Å²) in [4.78, 5) is 9.62. The lowest BCUT2D eigenvalue weighted by Crippen LogP contribution is -2.43. The molecule has 1 aliphatic rings. The first-order valence-electron chi connectivity index (χ1n) is 6.08. The highest BCUT2D eigenvalue weighted by Crippen LogP contribution is 2.28. The third-order valence-electron chi connectivity index (χ3n) is 3.22. The van der Waals surface area contributed by atoms with E-state index >= 15 is 0 Å². The van der Waals surface area contributed by atoms with Gasteiger partial charge in [-0.3, -0.25) is 10.1 Å². The molecule has 0 radical (unpaired) electrons. The van der Waals surface area contributed by atoms with E-state index in [2.05, 4.69) is 10.0 Å². The van der Waals surface area contributed by atoms with Crippen LogP contribution in [-0.4, -0.2) is 50.8 Å². The van der Waals surface area contributed by atoms with Gasteiger partial charge in [0.15, 0.2) is 5.75 Å². The molecule has 1 heterocycles. The van der Waals surface area contributed by atoms with Crippen LogP contribution in [0.5, 0.6) is 5.75 Å². The van der Waals surface area contributed by atoms with Crippen LogP contribution in [0.2, 0.25) is 0 Å². The van der Waals surface area contributed by atoms with Crippen LogP contribution in [0.15, 0.2) is 23.1 Å². The minimum atomic E-state index is -3.95. The first-order valence-corrected chi connectivity index (χ1v) is 7.56. The summed E-state index contributed by atoms with van der Waals surface area (Å²) in [6.45, 7) is 0.914. The molecule has 1 fully saturated rings. The predicted molar refractivity (Wildman–Crippen MR) is 72.5 cm³/mol. The third-order valence-corrected chi connectivity index (χ3v) is 4.71. The number of phenols is 1. The van der Waals surface area contributed by atoms with E-state index in [1.807, 2.05) is 0 Å². The number of sulfonamides is 1. The maximum absolute atomic E-state index is 12.2. The molecule has 0 saturated carbocycles. The Morgan fingerprint density at radius 2 is 2.19 bits per heavy atom. The van der Waals surface area contributed by atoms with E-state index in [1.165, 1.54) is 7.11 Å². The molecule has 1 aromatic rings. The van der Waals surface area contributed by atoms with Gasteiger partial charge in [-0.2, -0.15) is 0 Å².